The van der Waals surface area contributed by atoms with Gasteiger partial charge in [-0.15, -0.1) is 11.3 Å². The average molecular weight is 327 g/mol. The zero-order valence-electron chi connectivity index (χ0n) is 12.7. The number of hydrogen-bond acceptors (Lipinski definition) is 4. The van der Waals surface area contributed by atoms with Crippen LogP contribution >= 0.6 is 11.3 Å². The van der Waals surface area contributed by atoms with Crippen molar-refractivity contribution in [3.05, 3.63) is 63.2 Å². The van der Waals surface area contributed by atoms with E-state index in [0.29, 0.717) is 16.8 Å². The molecule has 1 atom stereocenters. The van der Waals surface area contributed by atoms with Crippen molar-refractivity contribution in [2.75, 3.05) is 0 Å². The summed E-state index contributed by atoms with van der Waals surface area (Å²) in [7, 11) is 0. The van der Waals surface area contributed by atoms with Gasteiger partial charge in [-0.25, -0.2) is 4.68 Å². The molecule has 0 saturated heterocycles. The van der Waals surface area contributed by atoms with E-state index in [1.165, 1.54) is 16.0 Å². The summed E-state index contributed by atoms with van der Waals surface area (Å²) in [6.07, 6.45) is 2.41. The first-order valence-corrected chi connectivity index (χ1v) is 8.36. The van der Waals surface area contributed by atoms with E-state index in [0.717, 1.165) is 11.8 Å². The average Bonchev–Trinajstić information content (AvgIpc) is 3.11. The Kier molecular flexibility index (Phi) is 4.52. The minimum Gasteiger partial charge on any atom is -0.347 e. The molecule has 1 amide bonds. The van der Waals surface area contributed by atoms with Gasteiger partial charge < -0.3 is 5.32 Å². The van der Waals surface area contributed by atoms with E-state index < -0.39 is 0 Å². The Morgan fingerprint density at radius 2 is 2.13 bits per heavy atom. The molecule has 23 heavy (non-hydrogen) atoms. The lowest BCUT2D eigenvalue weighted by Crippen LogP contribution is -2.40. The molecule has 0 aliphatic heterocycles. The molecule has 2 aromatic heterocycles. The normalized spacial score (nSPS) is 12.2. The molecule has 1 N–H and O–H groups in total. The third-order valence-electron chi connectivity index (χ3n) is 3.73. The summed E-state index contributed by atoms with van der Waals surface area (Å²) in [6.45, 7) is 2.34. The van der Waals surface area contributed by atoms with Crippen molar-refractivity contribution in [3.63, 3.8) is 0 Å². The fourth-order valence-electron chi connectivity index (χ4n) is 2.41. The minimum atomic E-state index is -0.143. The van der Waals surface area contributed by atoms with Gasteiger partial charge in [0.2, 0.25) is 0 Å². The van der Waals surface area contributed by atoms with E-state index >= 15 is 0 Å². The molecule has 6 heteroatoms. The number of thiophene rings is 1. The van der Waals surface area contributed by atoms with E-state index in [1.807, 2.05) is 36.6 Å². The highest BCUT2D eigenvalue weighted by Gasteiger charge is 2.15. The summed E-state index contributed by atoms with van der Waals surface area (Å²) in [5.74, 6) is -0.110. The predicted octanol–water partition coefficient (Wildman–Crippen LogP) is 2.67. The Labute approximate surface area is 137 Å². The fraction of sp³-hybridized carbons (Fsp3) is 0.235. The molecular weight excluding hydrogens is 310 g/mol. The van der Waals surface area contributed by atoms with Gasteiger partial charge in [-0.1, -0.05) is 31.2 Å². The molecule has 3 rings (SSSR count). The van der Waals surface area contributed by atoms with Crippen LogP contribution in [0.25, 0.3) is 10.8 Å². The van der Waals surface area contributed by atoms with Crippen LogP contribution in [0, 0.1) is 0 Å². The maximum atomic E-state index is 12.5. The van der Waals surface area contributed by atoms with Gasteiger partial charge in [-0.3, -0.25) is 9.59 Å². The number of carbonyl (C=O) groups excluding carboxylic acids is 1. The van der Waals surface area contributed by atoms with Gasteiger partial charge in [0.15, 0.2) is 0 Å². The monoisotopic (exact) mass is 327 g/mol. The van der Waals surface area contributed by atoms with Crippen LogP contribution in [0.1, 0.15) is 23.0 Å². The van der Waals surface area contributed by atoms with Crippen molar-refractivity contribution >= 4 is 28.0 Å². The van der Waals surface area contributed by atoms with Gasteiger partial charge in [0.05, 0.1) is 23.0 Å². The molecule has 5 nitrogen and oxygen atoms in total. The highest BCUT2D eigenvalue weighted by atomic mass is 32.1. The lowest BCUT2D eigenvalue weighted by molar-refractivity contribution is 0.0935. The van der Waals surface area contributed by atoms with Crippen LogP contribution in [-0.2, 0) is 6.54 Å². The molecular formula is C17H17N3O2S. The van der Waals surface area contributed by atoms with Crippen molar-refractivity contribution in [2.45, 2.75) is 25.9 Å². The standard InChI is InChI=1S/C17H17N3O2S/c1-2-13(19-16(21)15-8-5-9-23-15)11-20-17(22)14-7-4-3-6-12(14)10-18-20/h3-10,13H,2,11H2,1H3,(H,19,21)/t13-/m0/s1. The molecule has 0 aliphatic carbocycles. The number of nitrogens with one attached hydrogen (secondary N) is 1. The zero-order valence-corrected chi connectivity index (χ0v) is 13.5. The van der Waals surface area contributed by atoms with E-state index in [9.17, 15) is 9.59 Å². The van der Waals surface area contributed by atoms with Crippen LogP contribution in [0.5, 0.6) is 0 Å². The molecule has 0 bridgehead atoms. The third-order valence-corrected chi connectivity index (χ3v) is 4.60. The number of aromatic nitrogens is 2. The summed E-state index contributed by atoms with van der Waals surface area (Å²) in [6, 6.07) is 10.9. The quantitative estimate of drug-likeness (QED) is 0.783. The maximum absolute atomic E-state index is 12.5. The van der Waals surface area contributed by atoms with Gasteiger partial charge in [0, 0.05) is 11.4 Å². The van der Waals surface area contributed by atoms with Crippen LogP contribution in [0.2, 0.25) is 0 Å². The van der Waals surface area contributed by atoms with Crippen LogP contribution in [0.4, 0.5) is 0 Å². The number of benzene rings is 1. The molecule has 0 aliphatic rings. The second kappa shape index (κ2) is 6.75. The van der Waals surface area contributed by atoms with Crippen LogP contribution in [0.15, 0.2) is 52.8 Å². The zero-order chi connectivity index (χ0) is 16.2. The van der Waals surface area contributed by atoms with Gasteiger partial charge in [0.25, 0.3) is 11.5 Å². The number of carbonyl (C=O) groups is 1. The third kappa shape index (κ3) is 3.32. The highest BCUT2D eigenvalue weighted by Crippen LogP contribution is 2.10. The minimum absolute atomic E-state index is 0.110. The Morgan fingerprint density at radius 3 is 2.87 bits per heavy atom. The predicted molar refractivity (Wildman–Crippen MR) is 91.9 cm³/mol. The van der Waals surface area contributed by atoms with Crippen molar-refractivity contribution in [2.24, 2.45) is 0 Å². The van der Waals surface area contributed by atoms with Gasteiger partial charge >= 0.3 is 0 Å². The molecule has 0 radical (unpaired) electrons. The van der Waals surface area contributed by atoms with E-state index in [2.05, 4.69) is 10.4 Å². The largest absolute Gasteiger partial charge is 0.347 e. The summed E-state index contributed by atoms with van der Waals surface area (Å²) < 4.78 is 1.42. The molecule has 0 saturated carbocycles. The van der Waals surface area contributed by atoms with E-state index in [-0.39, 0.29) is 17.5 Å². The topological polar surface area (TPSA) is 64.0 Å². The fourth-order valence-corrected chi connectivity index (χ4v) is 3.03. The van der Waals surface area contributed by atoms with Crippen molar-refractivity contribution < 1.29 is 4.79 Å². The smallest absolute Gasteiger partial charge is 0.274 e. The molecule has 118 valence electrons. The summed E-state index contributed by atoms with van der Waals surface area (Å²) in [4.78, 5) is 25.3. The van der Waals surface area contributed by atoms with E-state index in [1.54, 1.807) is 18.3 Å². The molecule has 3 aromatic rings. The first-order chi connectivity index (χ1) is 11.2. The number of rotatable bonds is 5. The lowest BCUT2D eigenvalue weighted by Gasteiger charge is -2.17. The molecule has 2 heterocycles. The Bertz CT molecular complexity index is 871. The molecule has 1 aromatic carbocycles. The van der Waals surface area contributed by atoms with E-state index in [4.69, 9.17) is 0 Å². The number of fused-ring (bicyclic) bond motifs is 1. The SMILES string of the molecule is CC[C@@H](Cn1ncc2ccccc2c1=O)NC(=O)c1cccs1. The second-order valence-electron chi connectivity index (χ2n) is 5.28. The molecule has 0 spiro atoms. The van der Waals surface area contributed by atoms with Crippen molar-refractivity contribution in [3.8, 4) is 0 Å². The summed E-state index contributed by atoms with van der Waals surface area (Å²) in [5.41, 5.74) is -0.132. The first-order valence-electron chi connectivity index (χ1n) is 7.48. The number of hydrogen-bond donors (Lipinski definition) is 1. The molecule has 0 unspecified atom stereocenters. The number of amides is 1. The van der Waals surface area contributed by atoms with Gasteiger partial charge in [-0.2, -0.15) is 5.10 Å². The highest BCUT2D eigenvalue weighted by molar-refractivity contribution is 7.12. The van der Waals surface area contributed by atoms with Gasteiger partial charge in [-0.05, 0) is 23.9 Å². The van der Waals surface area contributed by atoms with Crippen LogP contribution in [-0.4, -0.2) is 21.7 Å². The maximum Gasteiger partial charge on any atom is 0.274 e. The number of nitrogens with zero attached hydrogens (tertiary/aromatic N) is 2. The van der Waals surface area contributed by atoms with Crippen LogP contribution < -0.4 is 10.9 Å². The lowest BCUT2D eigenvalue weighted by atomic mass is 10.2. The van der Waals surface area contributed by atoms with Crippen LogP contribution in [0.3, 0.4) is 0 Å². The van der Waals surface area contributed by atoms with Crippen molar-refractivity contribution in [1.29, 1.82) is 0 Å². The second-order valence-corrected chi connectivity index (χ2v) is 6.22. The Balaban J connectivity index is 1.80. The first kappa shape index (κ1) is 15.4. The summed E-state index contributed by atoms with van der Waals surface area (Å²) in [5, 5.41) is 10.5. The summed E-state index contributed by atoms with van der Waals surface area (Å²) >= 11 is 1.40. The van der Waals surface area contributed by atoms with Crippen molar-refractivity contribution in [1.82, 2.24) is 15.1 Å². The molecule has 0 fully saturated rings. The Hall–Kier alpha value is -2.47. The Morgan fingerprint density at radius 1 is 1.30 bits per heavy atom. The van der Waals surface area contributed by atoms with Gasteiger partial charge in [0.1, 0.15) is 0 Å².